The smallest absolute Gasteiger partial charge is 0.0833 e. The maximum absolute atomic E-state index is 4.28. The van der Waals surface area contributed by atoms with E-state index in [0.717, 1.165) is 24.7 Å². The van der Waals surface area contributed by atoms with Gasteiger partial charge in [-0.3, -0.25) is 4.68 Å². The molecule has 1 aromatic rings. The van der Waals surface area contributed by atoms with E-state index in [1.165, 1.54) is 38.5 Å². The van der Waals surface area contributed by atoms with Gasteiger partial charge in [0, 0.05) is 25.8 Å². The summed E-state index contributed by atoms with van der Waals surface area (Å²) in [5.41, 5.74) is 1.49. The maximum Gasteiger partial charge on any atom is 0.0833 e. The lowest BCUT2D eigenvalue weighted by molar-refractivity contribution is 0.226. The Hall–Kier alpha value is -0.900. The van der Waals surface area contributed by atoms with Gasteiger partial charge in [-0.1, -0.05) is 31.9 Å². The SMILES string of the molecule is CCCCC(CC)(CNC1CC1)Cc1cn(C)nn1. The first-order chi connectivity index (χ1) is 9.17. The number of aryl methyl sites for hydroxylation is 1. The minimum Gasteiger partial charge on any atom is -0.313 e. The van der Waals surface area contributed by atoms with Gasteiger partial charge < -0.3 is 5.32 Å². The summed E-state index contributed by atoms with van der Waals surface area (Å²) in [6, 6.07) is 0.786. The largest absolute Gasteiger partial charge is 0.313 e. The van der Waals surface area contributed by atoms with Gasteiger partial charge in [-0.05, 0) is 37.5 Å². The van der Waals surface area contributed by atoms with Gasteiger partial charge in [0.15, 0.2) is 0 Å². The number of nitrogens with one attached hydrogen (secondary N) is 1. The molecule has 1 atom stereocenters. The molecule has 1 fully saturated rings. The molecule has 0 radical (unpaired) electrons. The van der Waals surface area contributed by atoms with Gasteiger partial charge in [-0.25, -0.2) is 0 Å². The maximum atomic E-state index is 4.28. The van der Waals surface area contributed by atoms with E-state index in [4.69, 9.17) is 0 Å². The monoisotopic (exact) mass is 264 g/mol. The van der Waals surface area contributed by atoms with Crippen molar-refractivity contribution in [3.63, 3.8) is 0 Å². The standard InChI is InChI=1S/C15H28N4/c1-4-6-9-15(5-2,12-16-13-7-8-13)10-14-11-19(3)18-17-14/h11,13,16H,4-10,12H2,1-3H3. The van der Waals surface area contributed by atoms with Crippen LogP contribution < -0.4 is 5.32 Å². The van der Waals surface area contributed by atoms with Crippen LogP contribution in [0.1, 0.15) is 58.1 Å². The summed E-state index contributed by atoms with van der Waals surface area (Å²) in [5, 5.41) is 12.1. The number of unbranched alkanes of at least 4 members (excludes halogenated alkanes) is 1. The first kappa shape index (κ1) is 14.5. The fourth-order valence-electron chi connectivity index (χ4n) is 2.73. The van der Waals surface area contributed by atoms with Crippen molar-refractivity contribution in [1.29, 1.82) is 0 Å². The third-order valence-electron chi connectivity index (χ3n) is 4.36. The summed E-state index contributed by atoms with van der Waals surface area (Å²) in [5.74, 6) is 0. The fourth-order valence-corrected chi connectivity index (χ4v) is 2.73. The second-order valence-electron chi connectivity index (χ2n) is 6.17. The van der Waals surface area contributed by atoms with Crippen molar-refractivity contribution in [1.82, 2.24) is 20.3 Å². The lowest BCUT2D eigenvalue weighted by Crippen LogP contribution is -2.37. The van der Waals surface area contributed by atoms with Crippen molar-refractivity contribution in [2.75, 3.05) is 6.54 Å². The molecule has 1 aliphatic carbocycles. The topological polar surface area (TPSA) is 42.7 Å². The summed E-state index contributed by atoms with van der Waals surface area (Å²) in [6.45, 7) is 5.72. The van der Waals surface area contributed by atoms with Gasteiger partial charge in [-0.15, -0.1) is 5.10 Å². The van der Waals surface area contributed by atoms with Crippen LogP contribution in [0.25, 0.3) is 0 Å². The van der Waals surface area contributed by atoms with Crippen LogP contribution >= 0.6 is 0 Å². The highest BCUT2D eigenvalue weighted by Crippen LogP contribution is 2.33. The molecule has 0 bridgehead atoms. The van der Waals surface area contributed by atoms with Gasteiger partial charge in [0.2, 0.25) is 0 Å². The van der Waals surface area contributed by atoms with Crippen molar-refractivity contribution in [2.45, 2.75) is 64.8 Å². The van der Waals surface area contributed by atoms with Crippen molar-refractivity contribution in [3.05, 3.63) is 11.9 Å². The van der Waals surface area contributed by atoms with Crippen LogP contribution in [0.3, 0.4) is 0 Å². The van der Waals surface area contributed by atoms with Gasteiger partial charge >= 0.3 is 0 Å². The third-order valence-corrected chi connectivity index (χ3v) is 4.36. The average molecular weight is 264 g/mol. The van der Waals surface area contributed by atoms with Crippen molar-refractivity contribution in [3.8, 4) is 0 Å². The molecule has 0 saturated heterocycles. The van der Waals surface area contributed by atoms with Gasteiger partial charge in [0.25, 0.3) is 0 Å². The Bertz CT molecular complexity index is 383. The molecule has 0 spiro atoms. The minimum absolute atomic E-state index is 0.356. The first-order valence-corrected chi connectivity index (χ1v) is 7.76. The molecule has 4 nitrogen and oxygen atoms in total. The van der Waals surface area contributed by atoms with Crippen LogP contribution in [-0.2, 0) is 13.5 Å². The number of nitrogens with zero attached hydrogens (tertiary/aromatic N) is 3. The molecule has 1 unspecified atom stereocenters. The van der Waals surface area contributed by atoms with E-state index >= 15 is 0 Å². The minimum atomic E-state index is 0.356. The normalized spacial score (nSPS) is 18.5. The van der Waals surface area contributed by atoms with Gasteiger partial charge in [0.05, 0.1) is 5.69 Å². The van der Waals surface area contributed by atoms with E-state index in [1.54, 1.807) is 0 Å². The zero-order chi connectivity index (χ0) is 13.7. The lowest BCUT2D eigenvalue weighted by Gasteiger charge is -2.33. The number of aromatic nitrogens is 3. The molecule has 1 heterocycles. The van der Waals surface area contributed by atoms with Crippen LogP contribution in [-0.4, -0.2) is 27.6 Å². The summed E-state index contributed by atoms with van der Waals surface area (Å²) in [6.07, 6.45) is 10.9. The van der Waals surface area contributed by atoms with Crippen molar-refractivity contribution >= 4 is 0 Å². The Kier molecular flexibility index (Phi) is 4.97. The molecular formula is C15H28N4. The molecule has 2 rings (SSSR count). The van der Waals surface area contributed by atoms with E-state index in [2.05, 4.69) is 35.7 Å². The number of hydrogen-bond donors (Lipinski definition) is 1. The molecule has 1 aromatic heterocycles. The van der Waals surface area contributed by atoms with Crippen LogP contribution in [0.4, 0.5) is 0 Å². The zero-order valence-electron chi connectivity index (χ0n) is 12.7. The predicted molar refractivity (Wildman–Crippen MR) is 78.0 cm³/mol. The Morgan fingerprint density at radius 1 is 1.42 bits per heavy atom. The van der Waals surface area contributed by atoms with E-state index in [-0.39, 0.29) is 0 Å². The van der Waals surface area contributed by atoms with Crippen LogP contribution in [0.5, 0.6) is 0 Å². The van der Waals surface area contributed by atoms with E-state index < -0.39 is 0 Å². The fraction of sp³-hybridized carbons (Fsp3) is 0.867. The Morgan fingerprint density at radius 2 is 2.21 bits per heavy atom. The quantitative estimate of drug-likeness (QED) is 0.745. The molecule has 1 N–H and O–H groups in total. The molecule has 0 amide bonds. The number of hydrogen-bond acceptors (Lipinski definition) is 3. The van der Waals surface area contributed by atoms with E-state index in [1.807, 2.05) is 11.7 Å². The predicted octanol–water partition coefficient (Wildman–Crippen LogP) is 2.70. The summed E-state index contributed by atoms with van der Waals surface area (Å²) >= 11 is 0. The highest BCUT2D eigenvalue weighted by atomic mass is 15.4. The number of rotatable bonds is 9. The Labute approximate surface area is 117 Å². The highest BCUT2D eigenvalue weighted by Gasteiger charge is 2.31. The summed E-state index contributed by atoms with van der Waals surface area (Å²) < 4.78 is 1.81. The second kappa shape index (κ2) is 6.51. The molecule has 19 heavy (non-hydrogen) atoms. The Morgan fingerprint density at radius 3 is 2.74 bits per heavy atom. The Balaban J connectivity index is 2.00. The molecule has 4 heteroatoms. The lowest BCUT2D eigenvalue weighted by atomic mass is 9.76. The van der Waals surface area contributed by atoms with Crippen molar-refractivity contribution in [2.24, 2.45) is 12.5 Å². The zero-order valence-corrected chi connectivity index (χ0v) is 12.7. The molecule has 108 valence electrons. The van der Waals surface area contributed by atoms with Crippen LogP contribution in [0, 0.1) is 5.41 Å². The van der Waals surface area contributed by atoms with E-state index in [9.17, 15) is 0 Å². The highest BCUT2D eigenvalue weighted by molar-refractivity contribution is 5.00. The molecule has 1 aliphatic rings. The van der Waals surface area contributed by atoms with E-state index in [0.29, 0.717) is 5.41 Å². The van der Waals surface area contributed by atoms with Crippen LogP contribution in [0.15, 0.2) is 6.20 Å². The molecule has 1 saturated carbocycles. The first-order valence-electron chi connectivity index (χ1n) is 7.76. The second-order valence-corrected chi connectivity index (χ2v) is 6.17. The van der Waals surface area contributed by atoms with Gasteiger partial charge in [-0.2, -0.15) is 0 Å². The molecule has 0 aromatic carbocycles. The third kappa shape index (κ3) is 4.30. The average Bonchev–Trinajstić information content (AvgIpc) is 3.16. The summed E-state index contributed by atoms with van der Waals surface area (Å²) in [4.78, 5) is 0. The van der Waals surface area contributed by atoms with Gasteiger partial charge in [0.1, 0.15) is 0 Å². The van der Waals surface area contributed by atoms with Crippen LogP contribution in [0.2, 0.25) is 0 Å². The molecule has 0 aliphatic heterocycles. The summed E-state index contributed by atoms with van der Waals surface area (Å²) in [7, 11) is 1.94. The van der Waals surface area contributed by atoms with Crippen molar-refractivity contribution < 1.29 is 0 Å². The molecular weight excluding hydrogens is 236 g/mol.